The highest BCUT2D eigenvalue weighted by Crippen LogP contribution is 2.62. The minimum atomic E-state index is -4.67. The molecule has 0 aromatic rings. The van der Waals surface area contributed by atoms with Crippen LogP contribution < -0.4 is 4.72 Å². The van der Waals surface area contributed by atoms with Crippen LogP contribution in [0.25, 0.3) is 0 Å². The van der Waals surface area contributed by atoms with E-state index in [2.05, 4.69) is 4.72 Å². The molecule has 0 amide bonds. The molecule has 0 fully saturated rings. The van der Waals surface area contributed by atoms with Crippen molar-refractivity contribution < 1.29 is 21.4 Å². The molecule has 0 saturated carbocycles. The van der Waals surface area contributed by atoms with Gasteiger partial charge in [-0.25, -0.2) is 21.6 Å². The van der Waals surface area contributed by atoms with E-state index in [0.29, 0.717) is 12.8 Å². The van der Waals surface area contributed by atoms with Gasteiger partial charge in [-0.3, -0.25) is 0 Å². The second-order valence-corrected chi connectivity index (χ2v) is 11.9. The van der Waals surface area contributed by atoms with Crippen LogP contribution in [0, 0.1) is 10.8 Å². The Hall–Kier alpha value is -0.180. The first-order valence-corrected chi connectivity index (χ1v) is 11.8. The highest BCUT2D eigenvalue weighted by molar-refractivity contribution is 7.90. The van der Waals surface area contributed by atoms with Crippen LogP contribution in [0.2, 0.25) is 0 Å². The lowest BCUT2D eigenvalue weighted by Crippen LogP contribution is -2.66. The van der Waals surface area contributed by atoms with Gasteiger partial charge in [-0.05, 0) is 57.4 Å². The van der Waals surface area contributed by atoms with E-state index < -0.39 is 40.5 Å². The standard InChI is InChI=1S/C17H37NO5S2/c1-10-15(7,14(5,6)24(19,20)18-9)16(8,11-2)17(12-3,13-4)25(21,22)23/h18H,10-13H2,1-9H3,(H,21,22,23)/p-1. The van der Waals surface area contributed by atoms with Crippen molar-refractivity contribution in [1.29, 1.82) is 0 Å². The normalized spacial score (nSPS) is 19.3. The van der Waals surface area contributed by atoms with E-state index in [9.17, 15) is 21.4 Å². The molecule has 0 saturated heterocycles. The van der Waals surface area contributed by atoms with Crippen molar-refractivity contribution >= 4 is 20.1 Å². The molecule has 0 rings (SSSR count). The van der Waals surface area contributed by atoms with Crippen LogP contribution >= 0.6 is 0 Å². The minimum absolute atomic E-state index is 0.144. The van der Waals surface area contributed by atoms with Crippen LogP contribution in [0.1, 0.15) is 81.1 Å². The van der Waals surface area contributed by atoms with Gasteiger partial charge in [-0.15, -0.1) is 0 Å². The molecule has 152 valence electrons. The van der Waals surface area contributed by atoms with Crippen LogP contribution in [0.4, 0.5) is 0 Å². The molecular formula is C17H36NO5S2-. The largest absolute Gasteiger partial charge is 0.748 e. The maximum absolute atomic E-state index is 12.8. The van der Waals surface area contributed by atoms with Crippen molar-refractivity contribution in [2.75, 3.05) is 7.05 Å². The molecule has 0 spiro atoms. The van der Waals surface area contributed by atoms with E-state index in [1.165, 1.54) is 7.05 Å². The van der Waals surface area contributed by atoms with E-state index in [1.54, 1.807) is 41.5 Å². The summed E-state index contributed by atoms with van der Waals surface area (Å²) in [6.07, 6.45) is 1.08. The second-order valence-electron chi connectivity index (χ2n) is 7.74. The molecule has 0 heterocycles. The molecule has 0 aliphatic rings. The van der Waals surface area contributed by atoms with Gasteiger partial charge in [0, 0.05) is 0 Å². The number of sulfonamides is 1. The van der Waals surface area contributed by atoms with E-state index in [1.807, 2.05) is 13.8 Å². The van der Waals surface area contributed by atoms with E-state index in [0.717, 1.165) is 0 Å². The van der Waals surface area contributed by atoms with Gasteiger partial charge in [0.1, 0.15) is 10.1 Å². The molecule has 1 N–H and O–H groups in total. The highest BCUT2D eigenvalue weighted by Gasteiger charge is 2.65. The topological polar surface area (TPSA) is 103 Å². The third kappa shape index (κ3) is 3.17. The fourth-order valence-electron chi connectivity index (χ4n) is 4.91. The fourth-order valence-corrected chi connectivity index (χ4v) is 8.01. The summed E-state index contributed by atoms with van der Waals surface area (Å²) in [7, 11) is -7.04. The van der Waals surface area contributed by atoms with Crippen molar-refractivity contribution in [2.45, 2.75) is 90.6 Å². The molecule has 0 radical (unpaired) electrons. The van der Waals surface area contributed by atoms with E-state index in [-0.39, 0.29) is 12.8 Å². The Morgan fingerprint density at radius 3 is 1.32 bits per heavy atom. The molecule has 6 nitrogen and oxygen atoms in total. The summed E-state index contributed by atoms with van der Waals surface area (Å²) in [5, 5.41) is 0. The number of rotatable bonds is 10. The average Bonchev–Trinajstić information content (AvgIpc) is 2.53. The zero-order valence-corrected chi connectivity index (χ0v) is 18.8. The van der Waals surface area contributed by atoms with E-state index in [4.69, 9.17) is 0 Å². The lowest BCUT2D eigenvalue weighted by molar-refractivity contribution is -0.0217. The first-order valence-electron chi connectivity index (χ1n) is 8.94. The predicted octanol–water partition coefficient (Wildman–Crippen LogP) is 3.25. The van der Waals surface area contributed by atoms with Crippen LogP contribution in [0.15, 0.2) is 0 Å². The summed E-state index contributed by atoms with van der Waals surface area (Å²) in [5.41, 5.74) is -1.99. The lowest BCUT2D eigenvalue weighted by Gasteiger charge is -2.62. The zero-order valence-electron chi connectivity index (χ0n) is 17.2. The SMILES string of the molecule is CCC(C)(C(C)(CC)C(C)(C)S(=O)(=O)NC)C(CC)(CC)S(=O)(=O)[O-]. The van der Waals surface area contributed by atoms with Crippen LogP contribution in [-0.2, 0) is 20.1 Å². The van der Waals surface area contributed by atoms with Crippen LogP contribution in [0.3, 0.4) is 0 Å². The number of hydrogen-bond donors (Lipinski definition) is 1. The average molecular weight is 399 g/mol. The Kier molecular flexibility index (Phi) is 7.39. The third-order valence-electron chi connectivity index (χ3n) is 7.53. The zero-order chi connectivity index (χ0) is 20.5. The van der Waals surface area contributed by atoms with Gasteiger partial charge in [0.05, 0.1) is 9.49 Å². The quantitative estimate of drug-likeness (QED) is 0.569. The third-order valence-corrected chi connectivity index (χ3v) is 11.8. The highest BCUT2D eigenvalue weighted by atomic mass is 32.2. The molecule has 0 aromatic heterocycles. The first kappa shape index (κ1) is 24.8. The number of hydrogen-bond acceptors (Lipinski definition) is 5. The molecule has 2 atom stereocenters. The smallest absolute Gasteiger partial charge is 0.217 e. The summed E-state index contributed by atoms with van der Waals surface area (Å²) in [5.74, 6) is 0. The molecule has 2 unspecified atom stereocenters. The molecule has 0 aliphatic carbocycles. The lowest BCUT2D eigenvalue weighted by atomic mass is 9.51. The van der Waals surface area contributed by atoms with Gasteiger partial charge in [0.25, 0.3) is 0 Å². The van der Waals surface area contributed by atoms with Crippen LogP contribution in [-0.4, -0.2) is 37.9 Å². The van der Waals surface area contributed by atoms with Crippen molar-refractivity contribution in [3.63, 3.8) is 0 Å². The van der Waals surface area contributed by atoms with Gasteiger partial charge < -0.3 is 4.55 Å². The minimum Gasteiger partial charge on any atom is -0.748 e. The molecular weight excluding hydrogens is 362 g/mol. The summed E-state index contributed by atoms with van der Waals surface area (Å²) < 4.78 is 62.4. The maximum Gasteiger partial charge on any atom is 0.217 e. The van der Waals surface area contributed by atoms with Gasteiger partial charge in [-0.2, -0.15) is 0 Å². The fraction of sp³-hybridized carbons (Fsp3) is 1.00. The van der Waals surface area contributed by atoms with Gasteiger partial charge in [0.15, 0.2) is 0 Å². The Morgan fingerprint density at radius 1 is 0.760 bits per heavy atom. The Bertz CT molecular complexity index is 665. The Balaban J connectivity index is 7.14. The number of nitrogens with one attached hydrogen (secondary N) is 1. The predicted molar refractivity (Wildman–Crippen MR) is 102 cm³/mol. The Morgan fingerprint density at radius 2 is 1.12 bits per heavy atom. The maximum atomic E-state index is 12.8. The van der Waals surface area contributed by atoms with Crippen molar-refractivity contribution in [3.8, 4) is 0 Å². The Labute approximate surface area is 155 Å². The van der Waals surface area contributed by atoms with E-state index >= 15 is 0 Å². The monoisotopic (exact) mass is 398 g/mol. The first-order chi connectivity index (χ1) is 11.1. The summed E-state index contributed by atoms with van der Waals surface area (Å²) >= 11 is 0. The van der Waals surface area contributed by atoms with Crippen molar-refractivity contribution in [2.24, 2.45) is 10.8 Å². The van der Waals surface area contributed by atoms with Gasteiger partial charge in [0.2, 0.25) is 10.0 Å². The van der Waals surface area contributed by atoms with Crippen molar-refractivity contribution in [3.05, 3.63) is 0 Å². The van der Waals surface area contributed by atoms with Crippen LogP contribution in [0.5, 0.6) is 0 Å². The second kappa shape index (κ2) is 7.44. The molecule has 0 aliphatic heterocycles. The van der Waals surface area contributed by atoms with Gasteiger partial charge >= 0.3 is 0 Å². The summed E-state index contributed by atoms with van der Waals surface area (Å²) in [6.45, 7) is 13.9. The van der Waals surface area contributed by atoms with Crippen molar-refractivity contribution in [1.82, 2.24) is 4.72 Å². The van der Waals surface area contributed by atoms with Gasteiger partial charge in [-0.1, -0.05) is 41.5 Å². The molecule has 0 aromatic carbocycles. The summed E-state index contributed by atoms with van der Waals surface area (Å²) in [6, 6.07) is 0. The molecule has 8 heteroatoms. The molecule has 25 heavy (non-hydrogen) atoms. The summed E-state index contributed by atoms with van der Waals surface area (Å²) in [4.78, 5) is 0. The molecule has 0 bridgehead atoms.